The third-order valence-electron chi connectivity index (χ3n) is 3.75. The van der Waals surface area contributed by atoms with E-state index in [1.807, 2.05) is 0 Å². The summed E-state index contributed by atoms with van der Waals surface area (Å²) in [6.07, 6.45) is 1.51. The molecular formula is C8H14N2. The molecule has 1 saturated carbocycles. The maximum Gasteiger partial charge on any atom is 0.00539 e. The molecule has 2 heterocycles. The van der Waals surface area contributed by atoms with Gasteiger partial charge in [-0.15, -0.1) is 0 Å². The summed E-state index contributed by atoms with van der Waals surface area (Å²) < 4.78 is 0. The average Bonchev–Trinajstić information content (AvgIpc) is 2.15. The highest BCUT2D eigenvalue weighted by molar-refractivity contribution is 5.25. The van der Waals surface area contributed by atoms with Gasteiger partial charge in [-0.25, -0.2) is 0 Å². The Morgan fingerprint density at radius 1 is 1.20 bits per heavy atom. The van der Waals surface area contributed by atoms with Crippen LogP contribution in [0.3, 0.4) is 0 Å². The molecule has 2 aliphatic heterocycles. The highest BCUT2D eigenvalue weighted by Gasteiger charge is 2.73. The number of piperidine rings is 2. The lowest BCUT2D eigenvalue weighted by Gasteiger charge is -2.17. The normalized spacial score (nSPS) is 58.5. The van der Waals surface area contributed by atoms with Gasteiger partial charge in [-0.05, 0) is 13.5 Å². The molecule has 56 valence electrons. The molecule has 0 aromatic heterocycles. The molecular weight excluding hydrogens is 124 g/mol. The van der Waals surface area contributed by atoms with E-state index in [9.17, 15) is 0 Å². The first kappa shape index (κ1) is 5.56. The maximum absolute atomic E-state index is 3.50. The minimum Gasteiger partial charge on any atom is -0.315 e. The fourth-order valence-electron chi connectivity index (χ4n) is 3.29. The molecule has 0 bridgehead atoms. The van der Waals surface area contributed by atoms with Crippen molar-refractivity contribution in [3.8, 4) is 0 Å². The second kappa shape index (κ2) is 1.28. The molecule has 1 aliphatic carbocycles. The van der Waals surface area contributed by atoms with E-state index in [1.165, 1.54) is 32.6 Å². The van der Waals surface area contributed by atoms with E-state index in [2.05, 4.69) is 17.3 Å². The zero-order valence-corrected chi connectivity index (χ0v) is 6.48. The summed E-state index contributed by atoms with van der Waals surface area (Å²) in [5.74, 6) is 0. The molecule has 2 nitrogen and oxygen atoms in total. The Morgan fingerprint density at radius 3 is 2.40 bits per heavy atom. The summed E-state index contributed by atoms with van der Waals surface area (Å²) in [7, 11) is 2.25. The van der Waals surface area contributed by atoms with Crippen molar-refractivity contribution in [3.05, 3.63) is 0 Å². The van der Waals surface area contributed by atoms with Crippen LogP contribution in [0.5, 0.6) is 0 Å². The summed E-state index contributed by atoms with van der Waals surface area (Å²) >= 11 is 0. The van der Waals surface area contributed by atoms with Gasteiger partial charge in [0.15, 0.2) is 0 Å². The minimum absolute atomic E-state index is 0.738. The van der Waals surface area contributed by atoms with Gasteiger partial charge in [0.2, 0.25) is 0 Å². The molecule has 0 aromatic rings. The standard InChI is InChI=1S/C8H14N2/c1-10-5-7-2-8(7,6-10)4-9-3-7/h9H,2-6H2,1H3/t7-,8-/m1/s1. The predicted octanol–water partition coefficient (Wildman–Crippen LogP) is -0.0885. The van der Waals surface area contributed by atoms with Gasteiger partial charge in [0.1, 0.15) is 0 Å². The van der Waals surface area contributed by atoms with Crippen molar-refractivity contribution in [2.75, 3.05) is 33.2 Å². The van der Waals surface area contributed by atoms with Crippen LogP contribution in [0.1, 0.15) is 6.42 Å². The van der Waals surface area contributed by atoms with Crippen LogP contribution in [0.2, 0.25) is 0 Å². The van der Waals surface area contributed by atoms with E-state index >= 15 is 0 Å². The molecule has 1 N–H and O–H groups in total. The van der Waals surface area contributed by atoms with Crippen LogP contribution in [0, 0.1) is 10.8 Å². The predicted molar refractivity (Wildman–Crippen MR) is 39.8 cm³/mol. The Balaban J connectivity index is 1.97. The third kappa shape index (κ3) is 0.397. The molecule has 0 aromatic carbocycles. The lowest BCUT2D eigenvalue weighted by Crippen LogP contribution is -2.30. The Morgan fingerprint density at radius 2 is 1.80 bits per heavy atom. The highest BCUT2D eigenvalue weighted by Crippen LogP contribution is 2.69. The van der Waals surface area contributed by atoms with Crippen molar-refractivity contribution >= 4 is 0 Å². The van der Waals surface area contributed by atoms with Crippen LogP contribution in [0.25, 0.3) is 0 Å². The molecule has 0 radical (unpaired) electrons. The van der Waals surface area contributed by atoms with Crippen molar-refractivity contribution in [3.63, 3.8) is 0 Å². The number of hydrogen-bond donors (Lipinski definition) is 1. The fourth-order valence-corrected chi connectivity index (χ4v) is 3.29. The monoisotopic (exact) mass is 138 g/mol. The number of nitrogens with one attached hydrogen (secondary N) is 1. The SMILES string of the molecule is CN1C[C@@]23CNC[C@@]2(C1)C3. The molecule has 2 atom stereocenters. The minimum atomic E-state index is 0.738. The first-order chi connectivity index (χ1) is 4.77. The lowest BCUT2D eigenvalue weighted by molar-refractivity contribution is 0.306. The quantitative estimate of drug-likeness (QED) is 0.503. The molecule has 2 heteroatoms. The van der Waals surface area contributed by atoms with Crippen LogP contribution in [0.4, 0.5) is 0 Å². The van der Waals surface area contributed by atoms with Gasteiger partial charge in [0.05, 0.1) is 0 Å². The lowest BCUT2D eigenvalue weighted by atomic mass is 10.0. The Labute approximate surface area is 61.6 Å². The summed E-state index contributed by atoms with van der Waals surface area (Å²) in [4.78, 5) is 2.49. The highest BCUT2D eigenvalue weighted by atomic mass is 15.2. The van der Waals surface area contributed by atoms with Gasteiger partial charge in [0, 0.05) is 37.0 Å². The number of nitrogens with zero attached hydrogens (tertiary/aromatic N) is 1. The Kier molecular flexibility index (Phi) is 0.710. The molecule has 0 spiro atoms. The maximum atomic E-state index is 3.50. The largest absolute Gasteiger partial charge is 0.315 e. The number of hydrogen-bond acceptors (Lipinski definition) is 2. The molecule has 0 amide bonds. The van der Waals surface area contributed by atoms with Crippen molar-refractivity contribution in [1.82, 2.24) is 10.2 Å². The smallest absolute Gasteiger partial charge is 0.00539 e. The summed E-state index contributed by atoms with van der Waals surface area (Å²) in [5.41, 5.74) is 1.48. The van der Waals surface area contributed by atoms with Crippen LogP contribution in [-0.4, -0.2) is 38.1 Å². The molecule has 10 heavy (non-hydrogen) atoms. The van der Waals surface area contributed by atoms with Crippen LogP contribution >= 0.6 is 0 Å². The Bertz CT molecular complexity index is 166. The van der Waals surface area contributed by atoms with E-state index < -0.39 is 0 Å². The molecule has 0 unspecified atom stereocenters. The van der Waals surface area contributed by atoms with Gasteiger partial charge >= 0.3 is 0 Å². The van der Waals surface area contributed by atoms with Crippen molar-refractivity contribution in [2.24, 2.45) is 10.8 Å². The topological polar surface area (TPSA) is 15.3 Å². The number of rotatable bonds is 0. The first-order valence-electron chi connectivity index (χ1n) is 4.16. The van der Waals surface area contributed by atoms with Crippen molar-refractivity contribution < 1.29 is 0 Å². The second-order valence-electron chi connectivity index (χ2n) is 4.51. The van der Waals surface area contributed by atoms with Crippen molar-refractivity contribution in [2.45, 2.75) is 6.42 Å². The first-order valence-corrected chi connectivity index (χ1v) is 4.16. The third-order valence-corrected chi connectivity index (χ3v) is 3.75. The van der Waals surface area contributed by atoms with Gasteiger partial charge < -0.3 is 10.2 Å². The van der Waals surface area contributed by atoms with Crippen LogP contribution in [-0.2, 0) is 0 Å². The van der Waals surface area contributed by atoms with Crippen LogP contribution < -0.4 is 5.32 Å². The molecule has 3 rings (SSSR count). The van der Waals surface area contributed by atoms with Crippen molar-refractivity contribution in [1.29, 1.82) is 0 Å². The summed E-state index contributed by atoms with van der Waals surface area (Å²) in [6, 6.07) is 0. The second-order valence-corrected chi connectivity index (χ2v) is 4.51. The van der Waals surface area contributed by atoms with E-state index in [1.54, 1.807) is 0 Å². The summed E-state index contributed by atoms with van der Waals surface area (Å²) in [6.45, 7) is 5.27. The molecule has 3 fully saturated rings. The number of likely N-dealkylation sites (tertiary alicyclic amines) is 1. The Hall–Kier alpha value is -0.0800. The van der Waals surface area contributed by atoms with E-state index in [4.69, 9.17) is 0 Å². The zero-order valence-electron chi connectivity index (χ0n) is 6.48. The van der Waals surface area contributed by atoms with E-state index in [-0.39, 0.29) is 0 Å². The van der Waals surface area contributed by atoms with Gasteiger partial charge in [-0.3, -0.25) is 0 Å². The average molecular weight is 138 g/mol. The fraction of sp³-hybridized carbons (Fsp3) is 1.00. The van der Waals surface area contributed by atoms with Gasteiger partial charge in [-0.1, -0.05) is 0 Å². The molecule has 2 saturated heterocycles. The van der Waals surface area contributed by atoms with Crippen LogP contribution in [0.15, 0.2) is 0 Å². The van der Waals surface area contributed by atoms with Gasteiger partial charge in [-0.2, -0.15) is 0 Å². The zero-order chi connectivity index (χ0) is 6.82. The van der Waals surface area contributed by atoms with Gasteiger partial charge in [0.25, 0.3) is 0 Å². The summed E-state index contributed by atoms with van der Waals surface area (Å²) in [5, 5.41) is 3.50. The molecule has 3 aliphatic rings. The van der Waals surface area contributed by atoms with E-state index in [0.29, 0.717) is 0 Å². The van der Waals surface area contributed by atoms with E-state index in [0.717, 1.165) is 10.8 Å².